The molecule has 0 aliphatic carbocycles. The van der Waals surface area contributed by atoms with E-state index in [0.29, 0.717) is 25.4 Å². The lowest BCUT2D eigenvalue weighted by Gasteiger charge is -2.39. The molecular weight excluding hydrogens is 570 g/mol. The van der Waals surface area contributed by atoms with E-state index in [1.54, 1.807) is 0 Å². The van der Waals surface area contributed by atoms with Crippen LogP contribution in [0.25, 0.3) is 0 Å². The van der Waals surface area contributed by atoms with Gasteiger partial charge < -0.3 is 29.9 Å². The van der Waals surface area contributed by atoms with Crippen molar-refractivity contribution in [1.29, 1.82) is 0 Å². The summed E-state index contributed by atoms with van der Waals surface area (Å²) in [5.74, 6) is -0.754. The maximum absolute atomic E-state index is 12.3. The van der Waals surface area contributed by atoms with Gasteiger partial charge in [0.1, 0.15) is 0 Å². The minimum Gasteiger partial charge on any atom is -0.481 e. The van der Waals surface area contributed by atoms with Crippen molar-refractivity contribution in [2.75, 3.05) is 32.7 Å². The highest BCUT2D eigenvalue weighted by molar-refractivity contribution is 5.75. The normalized spacial score (nSPS) is 24.2. The van der Waals surface area contributed by atoms with Crippen molar-refractivity contribution in [3.05, 3.63) is 70.8 Å². The number of hydrogen-bond acceptors (Lipinski definition) is 7. The molecule has 0 saturated carbocycles. The third-order valence-electron chi connectivity index (χ3n) is 9.51. The van der Waals surface area contributed by atoms with Gasteiger partial charge in [0.2, 0.25) is 5.91 Å². The molecule has 0 aromatic heterocycles. The van der Waals surface area contributed by atoms with Crippen LogP contribution in [0, 0.1) is 0 Å². The number of likely N-dealkylation sites (tertiary alicyclic amines) is 2. The van der Waals surface area contributed by atoms with Gasteiger partial charge in [-0.3, -0.25) is 14.5 Å². The van der Waals surface area contributed by atoms with Crippen LogP contribution in [0.3, 0.4) is 0 Å². The van der Waals surface area contributed by atoms with Crippen molar-refractivity contribution < 1.29 is 29.3 Å². The summed E-state index contributed by atoms with van der Waals surface area (Å²) >= 11 is 0. The number of rotatable bonds is 16. The highest BCUT2D eigenvalue weighted by Gasteiger charge is 2.36. The Bertz CT molecular complexity index is 1200. The number of ether oxygens (including phenoxy) is 2. The fourth-order valence-corrected chi connectivity index (χ4v) is 6.90. The standard InChI is InChI=1S/C36H51N3O6/c40-26-28-13-15-29(16-14-28)33-22-32(25-39-21-7-8-31(39)24-38-19-5-6-20-38)44-36(45-33)30-17-11-27(12-18-30)23-37-34(41)9-3-1-2-4-10-35(42)43/h11-18,31-33,36,40H,1-10,19-26H2,(H,37,41)(H,42,43)/t31-,32+,33-,36-/m0/s1. The Morgan fingerprint density at radius 2 is 1.49 bits per heavy atom. The van der Waals surface area contributed by atoms with Gasteiger partial charge >= 0.3 is 5.97 Å². The van der Waals surface area contributed by atoms with Crippen LogP contribution in [0.5, 0.6) is 0 Å². The summed E-state index contributed by atoms with van der Waals surface area (Å²) in [4.78, 5) is 28.2. The van der Waals surface area contributed by atoms with Crippen LogP contribution in [-0.2, 0) is 32.2 Å². The van der Waals surface area contributed by atoms with E-state index in [4.69, 9.17) is 14.6 Å². The molecule has 1 amide bonds. The highest BCUT2D eigenvalue weighted by Crippen LogP contribution is 2.39. The number of carboxylic acid groups (broad SMARTS) is 1. The number of benzene rings is 2. The molecule has 2 aromatic rings. The number of unbranched alkanes of at least 4 members (excludes halogenated alkanes) is 3. The van der Waals surface area contributed by atoms with Crippen LogP contribution in [0.1, 0.15) is 105 Å². The predicted octanol–water partition coefficient (Wildman–Crippen LogP) is 5.33. The number of carboxylic acids is 1. The summed E-state index contributed by atoms with van der Waals surface area (Å²) in [5, 5.41) is 21.3. The van der Waals surface area contributed by atoms with E-state index in [0.717, 1.165) is 67.6 Å². The number of nitrogens with one attached hydrogen (secondary N) is 1. The molecule has 0 bridgehead atoms. The fourth-order valence-electron chi connectivity index (χ4n) is 6.90. The van der Waals surface area contributed by atoms with Gasteiger partial charge in [0, 0.05) is 50.5 Å². The Balaban J connectivity index is 1.17. The minimum absolute atomic E-state index is 0.0131. The van der Waals surface area contributed by atoms with Crippen molar-refractivity contribution >= 4 is 11.9 Å². The molecule has 5 rings (SSSR count). The third kappa shape index (κ3) is 10.3. The number of carbonyl (C=O) groups is 2. The van der Waals surface area contributed by atoms with Gasteiger partial charge in [-0.2, -0.15) is 0 Å². The first-order chi connectivity index (χ1) is 22.0. The van der Waals surface area contributed by atoms with Gasteiger partial charge in [0.15, 0.2) is 6.29 Å². The van der Waals surface area contributed by atoms with Gasteiger partial charge in [-0.25, -0.2) is 0 Å². The van der Waals surface area contributed by atoms with E-state index in [-0.39, 0.29) is 31.1 Å². The zero-order valence-corrected chi connectivity index (χ0v) is 26.6. The molecule has 246 valence electrons. The number of aliphatic hydroxyl groups is 1. The van der Waals surface area contributed by atoms with E-state index < -0.39 is 12.3 Å². The number of hydrogen-bond donors (Lipinski definition) is 3. The third-order valence-corrected chi connectivity index (χ3v) is 9.51. The van der Waals surface area contributed by atoms with E-state index >= 15 is 0 Å². The summed E-state index contributed by atoms with van der Waals surface area (Å²) in [6.07, 6.45) is 9.10. The summed E-state index contributed by atoms with van der Waals surface area (Å²) in [6, 6.07) is 16.8. The first-order valence-electron chi connectivity index (χ1n) is 17.0. The summed E-state index contributed by atoms with van der Waals surface area (Å²) < 4.78 is 13.2. The molecule has 3 fully saturated rings. The second-order valence-electron chi connectivity index (χ2n) is 13.0. The first-order valence-corrected chi connectivity index (χ1v) is 17.0. The van der Waals surface area contributed by atoms with Crippen molar-refractivity contribution in [2.45, 2.75) is 108 Å². The molecule has 0 spiro atoms. The lowest BCUT2D eigenvalue weighted by molar-refractivity contribution is -0.253. The topological polar surface area (TPSA) is 112 Å². The molecule has 2 aromatic carbocycles. The number of aliphatic hydroxyl groups excluding tert-OH is 1. The SMILES string of the molecule is O=C(O)CCCCCCC(=O)NCc1ccc([C@H]2O[C@@H](CN3CCC[C@H]3CN3CCCC3)C[C@@H](c3ccc(CO)cc3)O2)cc1. The van der Waals surface area contributed by atoms with Gasteiger partial charge in [-0.05, 0) is 74.8 Å². The smallest absolute Gasteiger partial charge is 0.303 e. The average Bonchev–Trinajstić information content (AvgIpc) is 3.74. The zero-order chi connectivity index (χ0) is 31.4. The fraction of sp³-hybridized carbons (Fsp3) is 0.611. The molecule has 3 heterocycles. The van der Waals surface area contributed by atoms with Crippen LogP contribution in [0.15, 0.2) is 48.5 Å². The molecule has 0 unspecified atom stereocenters. The van der Waals surface area contributed by atoms with E-state index in [1.807, 2.05) is 36.4 Å². The van der Waals surface area contributed by atoms with Gasteiger partial charge in [0.05, 0.1) is 18.8 Å². The summed E-state index contributed by atoms with van der Waals surface area (Å²) in [7, 11) is 0. The average molecular weight is 622 g/mol. The number of nitrogens with zero attached hydrogens (tertiary/aromatic N) is 2. The Morgan fingerprint density at radius 3 is 2.20 bits per heavy atom. The Hall–Kier alpha value is -2.82. The van der Waals surface area contributed by atoms with Crippen LogP contribution < -0.4 is 5.32 Å². The molecule has 3 N–H and O–H groups in total. The quantitative estimate of drug-likeness (QED) is 0.216. The van der Waals surface area contributed by atoms with E-state index in [1.165, 1.54) is 38.8 Å². The second-order valence-corrected chi connectivity index (χ2v) is 13.0. The highest BCUT2D eigenvalue weighted by atomic mass is 16.7. The molecule has 45 heavy (non-hydrogen) atoms. The molecule has 3 aliphatic heterocycles. The largest absolute Gasteiger partial charge is 0.481 e. The lowest BCUT2D eigenvalue weighted by atomic mass is 9.99. The maximum atomic E-state index is 12.3. The number of carbonyl (C=O) groups excluding carboxylic acids is 1. The molecule has 4 atom stereocenters. The van der Waals surface area contributed by atoms with Crippen LogP contribution >= 0.6 is 0 Å². The molecule has 3 aliphatic rings. The Kier molecular flexibility index (Phi) is 12.8. The van der Waals surface area contributed by atoms with Crippen molar-refractivity contribution in [3.63, 3.8) is 0 Å². The summed E-state index contributed by atoms with van der Waals surface area (Å²) in [6.45, 7) is 6.10. The van der Waals surface area contributed by atoms with Gasteiger partial charge in [0.25, 0.3) is 0 Å². The number of amides is 1. The monoisotopic (exact) mass is 621 g/mol. The molecule has 9 nitrogen and oxygen atoms in total. The van der Waals surface area contributed by atoms with Crippen molar-refractivity contribution in [3.8, 4) is 0 Å². The maximum Gasteiger partial charge on any atom is 0.303 e. The van der Waals surface area contributed by atoms with Crippen molar-refractivity contribution in [2.24, 2.45) is 0 Å². The Morgan fingerprint density at radius 1 is 0.800 bits per heavy atom. The minimum atomic E-state index is -0.767. The molecule has 9 heteroatoms. The van der Waals surface area contributed by atoms with E-state index in [2.05, 4.69) is 27.2 Å². The lowest BCUT2D eigenvalue weighted by Crippen LogP contribution is -2.45. The first kappa shape index (κ1) is 33.5. The molecule has 0 radical (unpaired) electrons. The molecular formula is C36H51N3O6. The van der Waals surface area contributed by atoms with Crippen molar-refractivity contribution in [1.82, 2.24) is 15.1 Å². The molecule has 3 saturated heterocycles. The zero-order valence-electron chi connectivity index (χ0n) is 26.6. The van der Waals surface area contributed by atoms with E-state index in [9.17, 15) is 14.7 Å². The Labute approximate surface area is 267 Å². The summed E-state index contributed by atoms with van der Waals surface area (Å²) in [5.41, 5.74) is 3.96. The van der Waals surface area contributed by atoms with Crippen LogP contribution in [0.2, 0.25) is 0 Å². The van der Waals surface area contributed by atoms with Crippen LogP contribution in [-0.4, -0.2) is 76.8 Å². The second kappa shape index (κ2) is 17.2. The van der Waals surface area contributed by atoms with Gasteiger partial charge in [-0.15, -0.1) is 0 Å². The number of aliphatic carboxylic acids is 1. The van der Waals surface area contributed by atoms with Crippen LogP contribution in [0.4, 0.5) is 0 Å². The predicted molar refractivity (Wildman–Crippen MR) is 172 cm³/mol. The van der Waals surface area contributed by atoms with Gasteiger partial charge in [-0.1, -0.05) is 61.4 Å².